The van der Waals surface area contributed by atoms with E-state index in [2.05, 4.69) is 4.90 Å². The van der Waals surface area contributed by atoms with E-state index in [1.54, 1.807) is 4.90 Å². The van der Waals surface area contributed by atoms with Crippen LogP contribution in [0.4, 0.5) is 9.93 Å². The Hall–Kier alpha value is -3.59. The normalized spacial score (nSPS) is 19.2. The van der Waals surface area contributed by atoms with Gasteiger partial charge in [-0.2, -0.15) is 0 Å². The number of carbonyl (C=O) groups excluding carboxylic acids is 2. The topological polar surface area (TPSA) is 98.0 Å². The predicted molar refractivity (Wildman–Crippen MR) is 135 cm³/mol. The predicted octanol–water partition coefficient (Wildman–Crippen LogP) is 4.90. The van der Waals surface area contributed by atoms with Crippen LogP contribution in [0, 0.1) is 0 Å². The summed E-state index contributed by atoms with van der Waals surface area (Å²) in [4.78, 5) is 34.0. The van der Waals surface area contributed by atoms with Gasteiger partial charge in [0.25, 0.3) is 5.91 Å². The van der Waals surface area contributed by atoms with Crippen molar-refractivity contribution in [1.82, 2.24) is 9.88 Å². The molecular weight excluding hydrogens is 464 g/mol. The van der Waals surface area contributed by atoms with E-state index in [0.29, 0.717) is 29.4 Å². The molecule has 0 radical (unpaired) electrons. The Balaban J connectivity index is 1.33. The molecule has 2 saturated heterocycles. The minimum Gasteiger partial charge on any atom is -0.457 e. The Morgan fingerprint density at radius 1 is 1.00 bits per heavy atom. The number of primary amides is 1. The van der Waals surface area contributed by atoms with Gasteiger partial charge in [-0.15, -0.1) is 0 Å². The monoisotopic (exact) mass is 492 g/mol. The molecule has 0 saturated carbocycles. The summed E-state index contributed by atoms with van der Waals surface area (Å²) in [5.41, 5.74) is 6.54. The highest BCUT2D eigenvalue weighted by Gasteiger charge is 2.47. The van der Waals surface area contributed by atoms with Gasteiger partial charge in [-0.25, -0.2) is 9.78 Å². The zero-order valence-corrected chi connectivity index (χ0v) is 20.7. The summed E-state index contributed by atoms with van der Waals surface area (Å²) in [7, 11) is 0. The van der Waals surface area contributed by atoms with Gasteiger partial charge in [-0.3, -0.25) is 4.79 Å². The molecule has 35 heavy (non-hydrogen) atoms. The molecule has 2 aliphatic rings. The van der Waals surface area contributed by atoms with Gasteiger partial charge >= 0.3 is 6.09 Å². The molecule has 2 atom stereocenters. The molecule has 9 heteroatoms. The van der Waals surface area contributed by atoms with E-state index < -0.39 is 11.5 Å². The number of likely N-dealkylation sites (tertiary alicyclic amines) is 1. The fraction of sp³-hybridized carbons (Fsp3) is 0.346. The lowest BCUT2D eigenvalue weighted by molar-refractivity contribution is 0.0214. The highest BCUT2D eigenvalue weighted by atomic mass is 32.1. The number of thiazole rings is 1. The molecule has 8 nitrogen and oxygen atoms in total. The first kappa shape index (κ1) is 23.2. The highest BCUT2D eigenvalue weighted by Crippen LogP contribution is 2.40. The van der Waals surface area contributed by atoms with E-state index in [9.17, 15) is 9.59 Å². The number of anilines is 1. The lowest BCUT2D eigenvalue weighted by atomic mass is 10.1. The molecule has 3 aromatic rings. The number of nitrogens with zero attached hydrogens (tertiary/aromatic N) is 3. The standard InChI is InChI=1S/C26H28N4O4S/c1-26(2,3)34-25(32)30-15-17-13-18(30)14-29(17)24-28-21(22(35-24)23(27)31)16-9-11-20(12-10-16)33-19-7-5-4-6-8-19/h4-12,17-18H,13-15H2,1-3H3,(H2,27,31)/t17-,18-/m0/s1. The van der Waals surface area contributed by atoms with Crippen molar-refractivity contribution in [3.05, 3.63) is 59.5 Å². The highest BCUT2D eigenvalue weighted by molar-refractivity contribution is 7.18. The maximum absolute atomic E-state index is 12.6. The van der Waals surface area contributed by atoms with E-state index in [1.807, 2.05) is 75.4 Å². The fourth-order valence-corrected chi connectivity index (χ4v) is 5.57. The number of aromatic nitrogens is 1. The van der Waals surface area contributed by atoms with Gasteiger partial charge in [0.2, 0.25) is 0 Å². The van der Waals surface area contributed by atoms with E-state index in [-0.39, 0.29) is 18.2 Å². The molecule has 2 amide bonds. The van der Waals surface area contributed by atoms with Gasteiger partial charge in [-0.05, 0) is 63.6 Å². The number of hydrogen-bond acceptors (Lipinski definition) is 7. The van der Waals surface area contributed by atoms with Crippen LogP contribution in [0.1, 0.15) is 36.9 Å². The van der Waals surface area contributed by atoms with E-state index in [4.69, 9.17) is 20.2 Å². The van der Waals surface area contributed by atoms with Crippen molar-refractivity contribution >= 4 is 28.5 Å². The summed E-state index contributed by atoms with van der Waals surface area (Å²) in [6.45, 7) is 6.84. The number of piperazine rings is 1. The minimum absolute atomic E-state index is 0.0636. The van der Waals surface area contributed by atoms with Crippen molar-refractivity contribution in [1.29, 1.82) is 0 Å². The maximum atomic E-state index is 12.6. The number of rotatable bonds is 5. The van der Waals surface area contributed by atoms with Crippen LogP contribution in [0.2, 0.25) is 0 Å². The number of hydrogen-bond donors (Lipinski definition) is 1. The van der Waals surface area contributed by atoms with Crippen LogP contribution in [0.3, 0.4) is 0 Å². The van der Waals surface area contributed by atoms with Gasteiger partial charge < -0.3 is 25.0 Å². The van der Waals surface area contributed by atoms with E-state index in [1.165, 1.54) is 11.3 Å². The summed E-state index contributed by atoms with van der Waals surface area (Å²) in [5, 5.41) is 0.745. The fourth-order valence-electron chi connectivity index (χ4n) is 4.55. The van der Waals surface area contributed by atoms with Crippen molar-refractivity contribution < 1.29 is 19.1 Å². The zero-order chi connectivity index (χ0) is 24.7. The first-order valence-corrected chi connectivity index (χ1v) is 12.4. The molecule has 0 spiro atoms. The number of carbonyl (C=O) groups is 2. The Morgan fingerprint density at radius 3 is 2.29 bits per heavy atom. The summed E-state index contributed by atoms with van der Waals surface area (Å²) in [6, 6.07) is 17.2. The molecule has 2 N–H and O–H groups in total. The summed E-state index contributed by atoms with van der Waals surface area (Å²) >= 11 is 1.30. The van der Waals surface area contributed by atoms with Crippen LogP contribution in [0.5, 0.6) is 11.5 Å². The molecule has 2 aromatic carbocycles. The summed E-state index contributed by atoms with van der Waals surface area (Å²) in [5.74, 6) is 0.932. The quantitative estimate of drug-likeness (QED) is 0.544. The number of amides is 2. The number of para-hydroxylation sites is 1. The summed E-state index contributed by atoms with van der Waals surface area (Å²) in [6.07, 6.45) is 0.575. The van der Waals surface area contributed by atoms with Gasteiger partial charge in [0.15, 0.2) is 5.13 Å². The second-order valence-corrected chi connectivity index (χ2v) is 10.8. The number of benzene rings is 2. The number of nitrogens with two attached hydrogens (primary N) is 1. The van der Waals surface area contributed by atoms with Gasteiger partial charge in [0.05, 0.1) is 17.8 Å². The second-order valence-electron chi connectivity index (χ2n) is 9.81. The Labute approximate surface area is 208 Å². The first-order valence-electron chi connectivity index (χ1n) is 11.6. The number of ether oxygens (including phenoxy) is 2. The first-order chi connectivity index (χ1) is 16.7. The van der Waals surface area contributed by atoms with Crippen LogP contribution in [-0.2, 0) is 4.74 Å². The molecule has 5 rings (SSSR count). The zero-order valence-electron chi connectivity index (χ0n) is 19.9. The van der Waals surface area contributed by atoms with Gasteiger partial charge in [0, 0.05) is 18.7 Å². The average molecular weight is 493 g/mol. The van der Waals surface area contributed by atoms with Crippen molar-refractivity contribution in [3.63, 3.8) is 0 Å². The molecular formula is C26H28N4O4S. The Morgan fingerprint density at radius 2 is 1.69 bits per heavy atom. The third kappa shape index (κ3) is 4.81. The molecule has 0 aliphatic carbocycles. The number of fused-ring (bicyclic) bond motifs is 2. The third-order valence-corrected chi connectivity index (χ3v) is 7.17. The van der Waals surface area contributed by atoms with Crippen LogP contribution in [0.15, 0.2) is 54.6 Å². The van der Waals surface area contributed by atoms with Crippen molar-refractivity contribution in [2.24, 2.45) is 5.73 Å². The lowest BCUT2D eigenvalue weighted by Crippen LogP contribution is -2.50. The molecule has 1 aromatic heterocycles. The van der Waals surface area contributed by atoms with Crippen LogP contribution in [0.25, 0.3) is 11.3 Å². The van der Waals surface area contributed by atoms with Crippen LogP contribution in [-0.4, -0.2) is 52.7 Å². The molecule has 2 bridgehead atoms. The lowest BCUT2D eigenvalue weighted by Gasteiger charge is -2.35. The second kappa shape index (κ2) is 8.88. The molecule has 2 aliphatic heterocycles. The van der Waals surface area contributed by atoms with E-state index in [0.717, 1.165) is 22.9 Å². The third-order valence-electron chi connectivity index (χ3n) is 6.06. The smallest absolute Gasteiger partial charge is 0.410 e. The van der Waals surface area contributed by atoms with E-state index >= 15 is 0 Å². The van der Waals surface area contributed by atoms with Crippen LogP contribution >= 0.6 is 11.3 Å². The van der Waals surface area contributed by atoms with Gasteiger partial charge in [0.1, 0.15) is 22.0 Å². The molecule has 3 heterocycles. The van der Waals surface area contributed by atoms with Crippen molar-refractivity contribution in [2.75, 3.05) is 18.0 Å². The molecule has 2 fully saturated rings. The average Bonchev–Trinajstić information content (AvgIpc) is 3.53. The molecule has 0 unspecified atom stereocenters. The maximum Gasteiger partial charge on any atom is 0.410 e. The minimum atomic E-state index is -0.527. The van der Waals surface area contributed by atoms with Crippen molar-refractivity contribution in [2.45, 2.75) is 44.9 Å². The SMILES string of the molecule is CC(C)(C)OC(=O)N1C[C@@H]2C[C@H]1CN2c1nc(-c2ccc(Oc3ccccc3)cc2)c(C(N)=O)s1. The Kier molecular flexibility index (Phi) is 5.88. The van der Waals surface area contributed by atoms with Crippen molar-refractivity contribution in [3.8, 4) is 22.8 Å². The van der Waals surface area contributed by atoms with Gasteiger partial charge in [-0.1, -0.05) is 29.5 Å². The summed E-state index contributed by atoms with van der Waals surface area (Å²) < 4.78 is 11.4. The molecule has 182 valence electrons. The Bertz CT molecular complexity index is 1240. The largest absolute Gasteiger partial charge is 0.457 e. The van der Waals surface area contributed by atoms with Crippen LogP contribution < -0.4 is 15.4 Å².